The number of benzene rings is 1. The van der Waals surface area contributed by atoms with Crippen molar-refractivity contribution in [2.45, 2.75) is 6.61 Å². The van der Waals surface area contributed by atoms with Gasteiger partial charge in [-0.15, -0.1) is 0 Å². The zero-order chi connectivity index (χ0) is 13.9. The predicted octanol–water partition coefficient (Wildman–Crippen LogP) is 2.08. The zero-order valence-corrected chi connectivity index (χ0v) is 10.3. The minimum atomic E-state index is -1.05. The zero-order valence-electron chi connectivity index (χ0n) is 10.3. The number of hydrogen-bond acceptors (Lipinski definition) is 6. The van der Waals surface area contributed by atoms with Crippen molar-refractivity contribution in [2.75, 3.05) is 6.61 Å². The Labute approximate surface area is 112 Å². The van der Waals surface area contributed by atoms with Crippen molar-refractivity contribution < 1.29 is 23.6 Å². The first-order chi connectivity index (χ1) is 9.74. The Hall–Kier alpha value is -2.67. The van der Waals surface area contributed by atoms with Gasteiger partial charge >= 0.3 is 5.97 Å². The standard InChI is InChI=1S/C13H10N2O5/c16-12(17)7-18-6-11-14-13(15-20-11)9-5-19-10-4-2-1-3-8(9)10/h1-5H,6-7H2,(H,16,17). The van der Waals surface area contributed by atoms with E-state index in [4.69, 9.17) is 18.8 Å². The molecule has 7 nitrogen and oxygen atoms in total. The maximum Gasteiger partial charge on any atom is 0.329 e. The average molecular weight is 274 g/mol. The van der Waals surface area contributed by atoms with Gasteiger partial charge < -0.3 is 18.8 Å². The molecule has 1 N–H and O–H groups in total. The van der Waals surface area contributed by atoms with Crippen LogP contribution in [0.15, 0.2) is 39.5 Å². The van der Waals surface area contributed by atoms with E-state index in [0.717, 1.165) is 11.0 Å². The van der Waals surface area contributed by atoms with Gasteiger partial charge in [-0.2, -0.15) is 4.98 Å². The number of rotatable bonds is 5. The molecular weight excluding hydrogens is 264 g/mol. The van der Waals surface area contributed by atoms with Crippen molar-refractivity contribution in [1.82, 2.24) is 10.1 Å². The Kier molecular flexibility index (Phi) is 3.18. The normalized spacial score (nSPS) is 11.0. The molecule has 7 heteroatoms. The monoisotopic (exact) mass is 274 g/mol. The smallest absolute Gasteiger partial charge is 0.329 e. The van der Waals surface area contributed by atoms with Gasteiger partial charge in [-0.05, 0) is 6.07 Å². The largest absolute Gasteiger partial charge is 0.480 e. The lowest BCUT2D eigenvalue weighted by atomic mass is 10.2. The highest BCUT2D eigenvalue weighted by Crippen LogP contribution is 2.28. The predicted molar refractivity (Wildman–Crippen MR) is 66.8 cm³/mol. The van der Waals surface area contributed by atoms with Gasteiger partial charge in [0.2, 0.25) is 5.82 Å². The van der Waals surface area contributed by atoms with Crippen LogP contribution in [0.5, 0.6) is 0 Å². The summed E-state index contributed by atoms with van der Waals surface area (Å²) in [7, 11) is 0. The number of fused-ring (bicyclic) bond motifs is 1. The maximum absolute atomic E-state index is 10.3. The van der Waals surface area contributed by atoms with E-state index in [2.05, 4.69) is 10.1 Å². The topological polar surface area (TPSA) is 98.6 Å². The van der Waals surface area contributed by atoms with E-state index in [-0.39, 0.29) is 12.5 Å². The summed E-state index contributed by atoms with van der Waals surface area (Å²) in [6.45, 7) is -0.457. The van der Waals surface area contributed by atoms with Gasteiger partial charge in [0.15, 0.2) is 0 Å². The van der Waals surface area contributed by atoms with Crippen LogP contribution < -0.4 is 0 Å². The van der Waals surface area contributed by atoms with Gasteiger partial charge in [0.05, 0.1) is 5.56 Å². The van der Waals surface area contributed by atoms with Gasteiger partial charge in [0.1, 0.15) is 25.1 Å². The van der Waals surface area contributed by atoms with Gasteiger partial charge in [-0.3, -0.25) is 0 Å². The van der Waals surface area contributed by atoms with Crippen LogP contribution in [0.2, 0.25) is 0 Å². The number of para-hydroxylation sites is 1. The van der Waals surface area contributed by atoms with E-state index in [0.29, 0.717) is 11.4 Å². The Bertz CT molecular complexity index is 746. The van der Waals surface area contributed by atoms with E-state index in [1.165, 1.54) is 0 Å². The fourth-order valence-corrected chi connectivity index (χ4v) is 1.80. The minimum absolute atomic E-state index is 0.0465. The fourth-order valence-electron chi connectivity index (χ4n) is 1.80. The van der Waals surface area contributed by atoms with Crippen LogP contribution in [-0.2, 0) is 16.1 Å². The molecule has 0 aliphatic rings. The summed E-state index contributed by atoms with van der Waals surface area (Å²) in [6.07, 6.45) is 1.55. The van der Waals surface area contributed by atoms with Crippen molar-refractivity contribution >= 4 is 16.9 Å². The molecule has 3 rings (SSSR count). The Morgan fingerprint density at radius 1 is 1.35 bits per heavy atom. The number of carboxylic acids is 1. The number of carbonyl (C=O) groups is 1. The first kappa shape index (κ1) is 12.4. The molecule has 0 amide bonds. The molecule has 0 fully saturated rings. The molecule has 1 aromatic carbocycles. The van der Waals surface area contributed by atoms with Crippen LogP contribution in [0.4, 0.5) is 0 Å². The molecule has 0 bridgehead atoms. The molecule has 0 spiro atoms. The van der Waals surface area contributed by atoms with Gasteiger partial charge in [-0.1, -0.05) is 23.4 Å². The molecular formula is C13H10N2O5. The second-order valence-corrected chi connectivity index (χ2v) is 4.04. The molecule has 2 aromatic heterocycles. The summed E-state index contributed by atoms with van der Waals surface area (Å²) in [5.41, 5.74) is 1.45. The van der Waals surface area contributed by atoms with Gasteiger partial charge in [-0.25, -0.2) is 4.79 Å². The fraction of sp³-hybridized carbons (Fsp3) is 0.154. The average Bonchev–Trinajstić information content (AvgIpc) is 3.04. The molecule has 0 aliphatic heterocycles. The second kappa shape index (κ2) is 5.14. The number of aliphatic carboxylic acids is 1. The second-order valence-electron chi connectivity index (χ2n) is 4.04. The number of carboxylic acid groups (broad SMARTS) is 1. The minimum Gasteiger partial charge on any atom is -0.480 e. The Morgan fingerprint density at radius 2 is 2.20 bits per heavy atom. The molecule has 0 aliphatic carbocycles. The molecule has 0 saturated heterocycles. The Morgan fingerprint density at radius 3 is 3.05 bits per heavy atom. The van der Waals surface area contributed by atoms with E-state index in [9.17, 15) is 4.79 Å². The van der Waals surface area contributed by atoms with Crippen molar-refractivity contribution in [1.29, 1.82) is 0 Å². The number of aromatic nitrogens is 2. The van der Waals surface area contributed by atoms with Crippen LogP contribution in [0.1, 0.15) is 5.89 Å². The summed E-state index contributed by atoms with van der Waals surface area (Å²) in [4.78, 5) is 14.5. The maximum atomic E-state index is 10.3. The molecule has 2 heterocycles. The van der Waals surface area contributed by atoms with Crippen molar-refractivity contribution in [2.24, 2.45) is 0 Å². The van der Waals surface area contributed by atoms with E-state index in [1.807, 2.05) is 24.3 Å². The van der Waals surface area contributed by atoms with Crippen molar-refractivity contribution in [3.8, 4) is 11.4 Å². The number of nitrogens with zero attached hydrogens (tertiary/aromatic N) is 2. The summed E-state index contributed by atoms with van der Waals surface area (Å²) < 4.78 is 15.3. The van der Waals surface area contributed by atoms with E-state index < -0.39 is 12.6 Å². The van der Waals surface area contributed by atoms with Crippen molar-refractivity contribution in [3.63, 3.8) is 0 Å². The molecule has 0 atom stereocenters. The van der Waals surface area contributed by atoms with Gasteiger partial charge in [0.25, 0.3) is 5.89 Å². The Balaban J connectivity index is 1.81. The van der Waals surface area contributed by atoms with Crippen LogP contribution in [0, 0.1) is 0 Å². The van der Waals surface area contributed by atoms with Gasteiger partial charge in [0, 0.05) is 5.39 Å². The molecule has 0 saturated carbocycles. The molecule has 0 unspecified atom stereocenters. The molecule has 20 heavy (non-hydrogen) atoms. The SMILES string of the molecule is O=C(O)COCc1nc(-c2coc3ccccc23)no1. The van der Waals surface area contributed by atoms with Crippen LogP contribution >= 0.6 is 0 Å². The highest BCUT2D eigenvalue weighted by molar-refractivity contribution is 5.91. The quantitative estimate of drug-likeness (QED) is 0.760. The van der Waals surface area contributed by atoms with E-state index >= 15 is 0 Å². The summed E-state index contributed by atoms with van der Waals surface area (Å²) in [6, 6.07) is 7.50. The number of ether oxygens (including phenoxy) is 1. The molecule has 102 valence electrons. The summed E-state index contributed by atoms with van der Waals surface area (Å²) >= 11 is 0. The van der Waals surface area contributed by atoms with Crippen molar-refractivity contribution in [3.05, 3.63) is 36.4 Å². The van der Waals surface area contributed by atoms with Crippen LogP contribution in [0.3, 0.4) is 0 Å². The highest BCUT2D eigenvalue weighted by atomic mass is 16.5. The number of furan rings is 1. The third-order valence-electron chi connectivity index (χ3n) is 2.64. The van der Waals surface area contributed by atoms with Crippen LogP contribution in [0.25, 0.3) is 22.4 Å². The summed E-state index contributed by atoms with van der Waals surface area (Å²) in [5.74, 6) is -0.457. The van der Waals surface area contributed by atoms with E-state index in [1.54, 1.807) is 6.26 Å². The summed E-state index contributed by atoms with van der Waals surface area (Å²) in [5, 5.41) is 13.2. The third kappa shape index (κ3) is 2.39. The first-order valence-corrected chi connectivity index (χ1v) is 5.83. The number of hydrogen-bond donors (Lipinski definition) is 1. The van der Waals surface area contributed by atoms with Crippen LogP contribution in [-0.4, -0.2) is 27.8 Å². The lowest BCUT2D eigenvalue weighted by Gasteiger charge is -1.94. The molecule has 3 aromatic rings. The first-order valence-electron chi connectivity index (χ1n) is 5.83. The lowest BCUT2D eigenvalue weighted by molar-refractivity contribution is -0.142. The highest BCUT2D eigenvalue weighted by Gasteiger charge is 2.14. The lowest BCUT2D eigenvalue weighted by Crippen LogP contribution is -2.06. The molecule has 0 radical (unpaired) electrons. The third-order valence-corrected chi connectivity index (χ3v) is 2.64.